The molecule has 0 spiro atoms. The number of hydrogen-bond acceptors (Lipinski definition) is 3. The Labute approximate surface area is 303 Å². The molecule has 3 nitrogen and oxygen atoms in total. The van der Waals surface area contributed by atoms with E-state index in [0.717, 1.165) is 39.6 Å². The van der Waals surface area contributed by atoms with Crippen LogP contribution in [0.3, 0.4) is 0 Å². The highest BCUT2D eigenvalue weighted by Gasteiger charge is 2.20. The first kappa shape index (κ1) is 29.1. The van der Waals surface area contributed by atoms with Crippen LogP contribution in [-0.4, -0.2) is 14.5 Å². The average Bonchev–Trinajstić information content (AvgIpc) is 3.75. The van der Waals surface area contributed by atoms with Gasteiger partial charge in [-0.15, -0.1) is 11.3 Å². The molecule has 11 aromatic rings. The minimum Gasteiger partial charge on any atom is -0.309 e. The van der Waals surface area contributed by atoms with Gasteiger partial charge in [0.25, 0.3) is 0 Å². The normalized spacial score (nSPS) is 11.8. The molecule has 0 amide bonds. The van der Waals surface area contributed by atoms with E-state index < -0.39 is 0 Å². The molecule has 0 fully saturated rings. The van der Waals surface area contributed by atoms with Crippen LogP contribution in [0.4, 0.5) is 0 Å². The number of nitrogens with zero attached hydrogens (tertiary/aromatic N) is 3. The Morgan fingerprint density at radius 2 is 1.04 bits per heavy atom. The summed E-state index contributed by atoms with van der Waals surface area (Å²) in [6, 6.07) is 63.0. The maximum atomic E-state index is 5.27. The van der Waals surface area contributed by atoms with Gasteiger partial charge in [0.15, 0.2) is 5.82 Å². The molecule has 0 bridgehead atoms. The lowest BCUT2D eigenvalue weighted by Gasteiger charge is -2.11. The molecule has 52 heavy (non-hydrogen) atoms. The van der Waals surface area contributed by atoms with Crippen molar-refractivity contribution < 1.29 is 0 Å². The van der Waals surface area contributed by atoms with Crippen LogP contribution in [0.2, 0.25) is 0 Å². The summed E-state index contributed by atoms with van der Waals surface area (Å²) in [5.74, 6) is 0.733. The van der Waals surface area contributed by atoms with Crippen molar-refractivity contribution in [2.45, 2.75) is 0 Å². The molecule has 0 saturated carbocycles. The van der Waals surface area contributed by atoms with Crippen LogP contribution in [0.1, 0.15) is 0 Å². The van der Waals surface area contributed by atoms with Crippen LogP contribution in [0, 0.1) is 0 Å². The molecule has 0 aliphatic rings. The Balaban J connectivity index is 1.19. The molecule has 0 N–H and O–H groups in total. The average molecular weight is 680 g/mol. The van der Waals surface area contributed by atoms with E-state index >= 15 is 0 Å². The van der Waals surface area contributed by atoms with Crippen molar-refractivity contribution in [1.29, 1.82) is 0 Å². The Hall–Kier alpha value is -6.62. The first-order chi connectivity index (χ1) is 25.8. The van der Waals surface area contributed by atoms with Crippen molar-refractivity contribution >= 4 is 74.9 Å². The van der Waals surface area contributed by atoms with E-state index in [1.807, 2.05) is 23.5 Å². The standard InChI is InChI=1S/C48H29N3S/c1-3-13-30(14-4-1)41-29-42(31-15-5-2-6-16-31)50-48(49-41)40-26-34-19-9-10-20-36(34)46-38-24-23-35(28-45(38)52-47(40)46)51-43-22-12-11-21-37(43)39-25-32-17-7-8-18-33(32)27-44(39)51/h1-29H. The summed E-state index contributed by atoms with van der Waals surface area (Å²) in [4.78, 5) is 10.5. The number of hydrogen-bond donors (Lipinski definition) is 0. The minimum absolute atomic E-state index is 0.733. The number of para-hydroxylation sites is 1. The molecule has 0 aliphatic heterocycles. The van der Waals surface area contributed by atoms with Crippen LogP contribution in [0.25, 0.3) is 103 Å². The number of thiophene rings is 1. The van der Waals surface area contributed by atoms with Crippen LogP contribution in [0.5, 0.6) is 0 Å². The molecule has 0 saturated heterocycles. The summed E-state index contributed by atoms with van der Waals surface area (Å²) in [7, 11) is 0. The van der Waals surface area contributed by atoms with E-state index in [4.69, 9.17) is 9.97 Å². The molecule has 8 aromatic carbocycles. The fourth-order valence-electron chi connectivity index (χ4n) is 7.93. The van der Waals surface area contributed by atoms with Crippen LogP contribution in [0.15, 0.2) is 176 Å². The van der Waals surface area contributed by atoms with Crippen LogP contribution in [-0.2, 0) is 0 Å². The van der Waals surface area contributed by atoms with Gasteiger partial charge >= 0.3 is 0 Å². The summed E-state index contributed by atoms with van der Waals surface area (Å²) < 4.78 is 4.86. The third-order valence-corrected chi connectivity index (χ3v) is 11.5. The van der Waals surface area contributed by atoms with E-state index in [0.29, 0.717) is 0 Å². The number of aromatic nitrogens is 3. The van der Waals surface area contributed by atoms with Gasteiger partial charge in [-0.3, -0.25) is 0 Å². The van der Waals surface area contributed by atoms with E-state index in [2.05, 4.69) is 168 Å². The fourth-order valence-corrected chi connectivity index (χ4v) is 9.20. The lowest BCUT2D eigenvalue weighted by atomic mass is 9.99. The van der Waals surface area contributed by atoms with Gasteiger partial charge in [0, 0.05) is 53.3 Å². The summed E-state index contributed by atoms with van der Waals surface area (Å²) in [5, 5.41) is 9.95. The summed E-state index contributed by atoms with van der Waals surface area (Å²) in [5.41, 5.74) is 8.58. The number of rotatable bonds is 4. The molecule has 0 unspecified atom stereocenters. The molecular formula is C48H29N3S. The molecule has 3 heterocycles. The zero-order valence-electron chi connectivity index (χ0n) is 28.0. The summed E-state index contributed by atoms with van der Waals surface area (Å²) >= 11 is 1.83. The van der Waals surface area contributed by atoms with Gasteiger partial charge in [-0.2, -0.15) is 0 Å². The topological polar surface area (TPSA) is 30.7 Å². The second-order valence-electron chi connectivity index (χ2n) is 13.4. The number of fused-ring (bicyclic) bond motifs is 9. The maximum Gasteiger partial charge on any atom is 0.161 e. The zero-order chi connectivity index (χ0) is 34.2. The summed E-state index contributed by atoms with van der Waals surface area (Å²) in [6.07, 6.45) is 0. The van der Waals surface area contributed by atoms with Crippen molar-refractivity contribution in [2.75, 3.05) is 0 Å². The fraction of sp³-hybridized carbons (Fsp3) is 0. The smallest absolute Gasteiger partial charge is 0.161 e. The van der Waals surface area contributed by atoms with Crippen LogP contribution < -0.4 is 0 Å². The summed E-state index contributed by atoms with van der Waals surface area (Å²) in [6.45, 7) is 0. The minimum atomic E-state index is 0.733. The molecule has 0 radical (unpaired) electrons. The van der Waals surface area contributed by atoms with Gasteiger partial charge in [0.05, 0.1) is 22.4 Å². The first-order valence-corrected chi connectivity index (χ1v) is 18.4. The van der Waals surface area contributed by atoms with Crippen LogP contribution >= 0.6 is 11.3 Å². The van der Waals surface area contributed by atoms with E-state index in [1.165, 1.54) is 63.5 Å². The van der Waals surface area contributed by atoms with E-state index in [1.54, 1.807) is 0 Å². The van der Waals surface area contributed by atoms with Gasteiger partial charge in [-0.1, -0.05) is 133 Å². The number of benzene rings is 8. The van der Waals surface area contributed by atoms with Crippen molar-refractivity contribution in [2.24, 2.45) is 0 Å². The van der Waals surface area contributed by atoms with Gasteiger partial charge in [-0.25, -0.2) is 9.97 Å². The third kappa shape index (κ3) is 4.51. The van der Waals surface area contributed by atoms with Crippen molar-refractivity contribution in [1.82, 2.24) is 14.5 Å². The van der Waals surface area contributed by atoms with Gasteiger partial charge in [-0.05, 0) is 64.0 Å². The largest absolute Gasteiger partial charge is 0.309 e. The quantitative estimate of drug-likeness (QED) is 0.185. The lowest BCUT2D eigenvalue weighted by Crippen LogP contribution is -1.96. The maximum absolute atomic E-state index is 5.27. The second kappa shape index (κ2) is 11.5. The highest BCUT2D eigenvalue weighted by molar-refractivity contribution is 7.26. The van der Waals surface area contributed by atoms with E-state index in [-0.39, 0.29) is 0 Å². The Kier molecular flexibility index (Phi) is 6.42. The SMILES string of the molecule is c1ccc(-c2cc(-c3ccccc3)nc(-c3cc4ccccc4c4c3sc3cc(-n5c6ccccc6c6cc7ccccc7cc65)ccc34)n2)cc1. The van der Waals surface area contributed by atoms with Gasteiger partial charge in [0.2, 0.25) is 0 Å². The Morgan fingerprint density at radius 1 is 0.423 bits per heavy atom. The van der Waals surface area contributed by atoms with E-state index in [9.17, 15) is 0 Å². The molecular weight excluding hydrogens is 651 g/mol. The monoisotopic (exact) mass is 679 g/mol. The predicted molar refractivity (Wildman–Crippen MR) is 221 cm³/mol. The second-order valence-corrected chi connectivity index (χ2v) is 14.4. The highest BCUT2D eigenvalue weighted by Crippen LogP contribution is 2.45. The Morgan fingerprint density at radius 3 is 1.77 bits per heavy atom. The zero-order valence-corrected chi connectivity index (χ0v) is 28.8. The van der Waals surface area contributed by atoms with Crippen molar-refractivity contribution in [3.8, 4) is 39.6 Å². The first-order valence-electron chi connectivity index (χ1n) is 17.6. The molecule has 0 aliphatic carbocycles. The third-order valence-electron chi connectivity index (χ3n) is 10.4. The molecule has 4 heteroatoms. The van der Waals surface area contributed by atoms with Gasteiger partial charge < -0.3 is 4.57 Å². The molecule has 3 aromatic heterocycles. The molecule has 11 rings (SSSR count). The lowest BCUT2D eigenvalue weighted by molar-refractivity contribution is 1.19. The predicted octanol–water partition coefficient (Wildman–Crippen LogP) is 13.2. The molecule has 0 atom stereocenters. The van der Waals surface area contributed by atoms with Crippen molar-refractivity contribution in [3.63, 3.8) is 0 Å². The van der Waals surface area contributed by atoms with Gasteiger partial charge in [0.1, 0.15) is 0 Å². The molecule has 242 valence electrons. The highest BCUT2D eigenvalue weighted by atomic mass is 32.1. The Bertz CT molecular complexity index is 3120. The van der Waals surface area contributed by atoms with Crippen molar-refractivity contribution in [3.05, 3.63) is 176 Å².